The van der Waals surface area contributed by atoms with Crippen LogP contribution in [0.4, 0.5) is 0 Å². The van der Waals surface area contributed by atoms with Gasteiger partial charge in [0.1, 0.15) is 0 Å². The van der Waals surface area contributed by atoms with Crippen molar-refractivity contribution in [1.29, 1.82) is 0 Å². The van der Waals surface area contributed by atoms with E-state index in [9.17, 15) is 9.90 Å². The summed E-state index contributed by atoms with van der Waals surface area (Å²) in [6, 6.07) is 0. The minimum Gasteiger partial charge on any atom is -0.393 e. The lowest BCUT2D eigenvalue weighted by atomic mass is 9.53. The molecule has 176 valence electrons. The monoisotopic (exact) mass is 560 g/mol. The van der Waals surface area contributed by atoms with Crippen molar-refractivity contribution < 1.29 is 14.4 Å². The predicted octanol–water partition coefficient (Wildman–Crippen LogP) is 7.72. The SMILES string of the molecule is CC.CC12CC(CCCCCCOPI)C3=C4CCC(=O)C=C4CCC3C1CCC2O. The zero-order valence-electron chi connectivity index (χ0n) is 19.7. The molecule has 0 aromatic rings. The van der Waals surface area contributed by atoms with E-state index in [0.29, 0.717) is 36.4 Å². The van der Waals surface area contributed by atoms with Crippen LogP contribution in [0.25, 0.3) is 0 Å². The summed E-state index contributed by atoms with van der Waals surface area (Å²) in [4.78, 5) is 12.0. The summed E-state index contributed by atoms with van der Waals surface area (Å²) in [6.07, 6.45) is 15.3. The Morgan fingerprint density at radius 3 is 2.68 bits per heavy atom. The molecule has 6 unspecified atom stereocenters. The van der Waals surface area contributed by atoms with E-state index in [1.165, 1.54) is 50.5 Å². The summed E-state index contributed by atoms with van der Waals surface area (Å²) in [5, 5.41) is 10.9. The highest BCUT2D eigenvalue weighted by molar-refractivity contribution is 14.2. The molecule has 5 heteroatoms. The van der Waals surface area contributed by atoms with Gasteiger partial charge in [-0.1, -0.05) is 45.6 Å². The summed E-state index contributed by atoms with van der Waals surface area (Å²) in [5.41, 5.74) is 4.74. The molecule has 4 aliphatic carbocycles. The van der Waals surface area contributed by atoms with Crippen molar-refractivity contribution in [3.63, 3.8) is 0 Å². The van der Waals surface area contributed by atoms with E-state index in [0.717, 1.165) is 32.3 Å². The number of rotatable bonds is 8. The number of carbonyl (C=O) groups is 1. The molecule has 4 aliphatic rings. The first-order chi connectivity index (χ1) is 15.0. The van der Waals surface area contributed by atoms with Crippen molar-refractivity contribution in [2.45, 2.75) is 104 Å². The third-order valence-electron chi connectivity index (χ3n) is 8.39. The van der Waals surface area contributed by atoms with Crippen molar-refractivity contribution >= 4 is 34.3 Å². The molecule has 0 amide bonds. The number of allylic oxidation sites excluding steroid dienone is 4. The summed E-state index contributed by atoms with van der Waals surface area (Å²) < 4.78 is 5.49. The highest BCUT2D eigenvalue weighted by Crippen LogP contribution is 2.62. The van der Waals surface area contributed by atoms with Crippen LogP contribution in [0, 0.1) is 23.2 Å². The van der Waals surface area contributed by atoms with Crippen LogP contribution in [0.2, 0.25) is 0 Å². The predicted molar refractivity (Wildman–Crippen MR) is 140 cm³/mol. The van der Waals surface area contributed by atoms with Gasteiger partial charge in [-0.15, -0.1) is 0 Å². The van der Waals surface area contributed by atoms with Crippen molar-refractivity contribution in [2.24, 2.45) is 23.2 Å². The summed E-state index contributed by atoms with van der Waals surface area (Å²) in [5.74, 6) is 2.22. The number of hydrogen-bond acceptors (Lipinski definition) is 3. The van der Waals surface area contributed by atoms with Crippen molar-refractivity contribution in [3.8, 4) is 0 Å². The maximum atomic E-state index is 12.0. The second-order valence-electron chi connectivity index (χ2n) is 9.95. The van der Waals surface area contributed by atoms with Crippen molar-refractivity contribution in [3.05, 3.63) is 22.8 Å². The van der Waals surface area contributed by atoms with Gasteiger partial charge >= 0.3 is 0 Å². The summed E-state index contributed by atoms with van der Waals surface area (Å²) in [7, 11) is 0. The molecule has 0 bridgehead atoms. The average Bonchev–Trinajstić information content (AvgIpc) is 3.08. The zero-order chi connectivity index (χ0) is 22.4. The largest absolute Gasteiger partial charge is 0.393 e. The van der Waals surface area contributed by atoms with Crippen LogP contribution < -0.4 is 0 Å². The molecule has 0 spiro atoms. The van der Waals surface area contributed by atoms with Gasteiger partial charge < -0.3 is 9.63 Å². The van der Waals surface area contributed by atoms with Crippen LogP contribution in [0.15, 0.2) is 22.8 Å². The minimum atomic E-state index is -0.127. The Morgan fingerprint density at radius 2 is 1.90 bits per heavy atom. The van der Waals surface area contributed by atoms with E-state index >= 15 is 0 Å². The normalized spacial score (nSPS) is 34.7. The highest BCUT2D eigenvalue weighted by Gasteiger charge is 2.55. The quantitative estimate of drug-likeness (QED) is 0.188. The lowest BCUT2D eigenvalue weighted by Gasteiger charge is -2.52. The fourth-order valence-corrected chi connectivity index (χ4v) is 7.90. The van der Waals surface area contributed by atoms with Gasteiger partial charge in [-0.2, -0.15) is 0 Å². The Balaban J connectivity index is 0.00000132. The molecule has 0 heterocycles. The first-order valence-electron chi connectivity index (χ1n) is 12.7. The van der Waals surface area contributed by atoms with Gasteiger partial charge in [-0.3, -0.25) is 4.79 Å². The lowest BCUT2D eigenvalue weighted by molar-refractivity contribution is -0.114. The standard InChI is InChI=1S/C24H36IO3P.C2H6/c1-24-15-17(6-4-2-3-5-13-28-29-25)23-19-10-8-18(26)14-16(19)7-9-20(23)21(24)11-12-22(24)27;1-2/h14,17,20-22,27,29H,2-13,15H2,1H3;1-2H3. The van der Waals surface area contributed by atoms with Crippen LogP contribution in [-0.2, 0) is 9.32 Å². The number of unbranched alkanes of at least 4 members (excludes halogenated alkanes) is 3. The van der Waals surface area contributed by atoms with E-state index in [1.54, 1.807) is 11.1 Å². The third-order valence-corrected chi connectivity index (χ3v) is 9.64. The average molecular weight is 560 g/mol. The van der Waals surface area contributed by atoms with E-state index in [4.69, 9.17) is 4.52 Å². The van der Waals surface area contributed by atoms with E-state index in [2.05, 4.69) is 29.0 Å². The molecular weight excluding hydrogens is 518 g/mol. The molecule has 4 rings (SSSR count). The van der Waals surface area contributed by atoms with Gasteiger partial charge in [0.2, 0.25) is 0 Å². The Kier molecular flexibility index (Phi) is 10.1. The smallest absolute Gasteiger partial charge is 0.156 e. The molecular formula is C26H42IO3P. The number of carbonyl (C=O) groups excluding carboxylic acids is 1. The Labute approximate surface area is 204 Å². The first-order valence-corrected chi connectivity index (χ1v) is 16.7. The summed E-state index contributed by atoms with van der Waals surface area (Å²) in [6.45, 7) is 7.85. The van der Waals surface area contributed by atoms with Crippen LogP contribution in [0.5, 0.6) is 0 Å². The lowest BCUT2D eigenvalue weighted by Crippen LogP contribution is -2.45. The fourth-order valence-electron chi connectivity index (χ4n) is 7.02. The number of halogens is 1. The van der Waals surface area contributed by atoms with Gasteiger partial charge in [-0.25, -0.2) is 0 Å². The van der Waals surface area contributed by atoms with Gasteiger partial charge in [0.25, 0.3) is 0 Å². The molecule has 0 aromatic carbocycles. The van der Waals surface area contributed by atoms with E-state index in [1.807, 2.05) is 19.9 Å². The van der Waals surface area contributed by atoms with Gasteiger partial charge in [0.15, 0.2) is 5.78 Å². The minimum absolute atomic E-state index is 0.0974. The molecule has 0 aliphatic heterocycles. The molecule has 3 nitrogen and oxygen atoms in total. The van der Waals surface area contributed by atoms with Crippen LogP contribution in [0.1, 0.15) is 97.8 Å². The highest BCUT2D eigenvalue weighted by atomic mass is 127. The summed E-state index contributed by atoms with van der Waals surface area (Å²) >= 11 is 2.29. The van der Waals surface area contributed by atoms with Crippen LogP contribution in [0.3, 0.4) is 0 Å². The molecule has 2 fully saturated rings. The van der Waals surface area contributed by atoms with Crippen LogP contribution in [-0.4, -0.2) is 23.6 Å². The molecule has 2 saturated carbocycles. The second kappa shape index (κ2) is 12.1. The van der Waals surface area contributed by atoms with Crippen molar-refractivity contribution in [2.75, 3.05) is 6.61 Å². The molecule has 1 N–H and O–H groups in total. The molecule has 0 saturated heterocycles. The Bertz CT molecular complexity index is 688. The number of hydrogen-bond donors (Lipinski definition) is 1. The number of fused-ring (bicyclic) bond motifs is 4. The van der Waals surface area contributed by atoms with E-state index in [-0.39, 0.29) is 11.5 Å². The fraction of sp³-hybridized carbons (Fsp3) is 0.808. The molecule has 6 atom stereocenters. The number of aliphatic hydroxyl groups excluding tert-OH is 1. The Hall–Kier alpha value is 0.230. The topological polar surface area (TPSA) is 46.5 Å². The van der Waals surface area contributed by atoms with Crippen molar-refractivity contribution in [1.82, 2.24) is 0 Å². The maximum absolute atomic E-state index is 12.0. The van der Waals surface area contributed by atoms with Crippen LogP contribution >= 0.6 is 28.5 Å². The van der Waals surface area contributed by atoms with E-state index < -0.39 is 0 Å². The molecule has 31 heavy (non-hydrogen) atoms. The molecule has 0 aromatic heterocycles. The first kappa shape index (κ1) is 25.8. The third kappa shape index (κ3) is 5.66. The molecule has 0 radical (unpaired) electrons. The van der Waals surface area contributed by atoms with Gasteiger partial charge in [-0.05, 0) is 114 Å². The van der Waals surface area contributed by atoms with Gasteiger partial charge in [0.05, 0.1) is 19.2 Å². The van der Waals surface area contributed by atoms with Gasteiger partial charge in [0, 0.05) is 6.42 Å². The second-order valence-corrected chi connectivity index (χ2v) is 11.7. The zero-order valence-corrected chi connectivity index (χ0v) is 22.9. The maximum Gasteiger partial charge on any atom is 0.156 e. The Morgan fingerprint density at radius 1 is 1.13 bits per heavy atom. The number of aliphatic hydroxyl groups is 1. The number of ketones is 1.